The van der Waals surface area contributed by atoms with E-state index >= 15 is 0 Å². The van der Waals surface area contributed by atoms with E-state index in [-0.39, 0.29) is 30.4 Å². The lowest BCUT2D eigenvalue weighted by Gasteiger charge is -2.36. The molecule has 4 aliphatic rings. The first-order valence-electron chi connectivity index (χ1n) is 12.0. The summed E-state index contributed by atoms with van der Waals surface area (Å²) in [6.07, 6.45) is 0. The average molecular weight is 501 g/mol. The van der Waals surface area contributed by atoms with Crippen LogP contribution in [0.4, 0.5) is 5.69 Å². The van der Waals surface area contributed by atoms with Crippen molar-refractivity contribution in [1.29, 1.82) is 0 Å². The lowest BCUT2D eigenvalue weighted by Crippen LogP contribution is -2.52. The number of ketones is 1. The zero-order chi connectivity index (χ0) is 24.4. The maximum Gasteiger partial charge on any atom is 0.250 e. The van der Waals surface area contributed by atoms with Crippen LogP contribution in [0.15, 0.2) is 66.7 Å². The summed E-state index contributed by atoms with van der Waals surface area (Å²) in [5.41, 5.74) is 1.97. The second-order valence-electron chi connectivity index (χ2n) is 9.52. The molecule has 4 atom stereocenters. The van der Waals surface area contributed by atoms with Gasteiger partial charge in [0.2, 0.25) is 12.7 Å². The Morgan fingerprint density at radius 3 is 2.75 bits per heavy atom. The first-order chi connectivity index (χ1) is 17.6. The average Bonchev–Trinajstić information content (AvgIpc) is 3.68. The first kappa shape index (κ1) is 21.8. The molecule has 3 unspecified atom stereocenters. The maximum atomic E-state index is 14.6. The molecule has 1 spiro atoms. The van der Waals surface area contributed by atoms with Crippen LogP contribution in [0, 0.1) is 5.92 Å². The summed E-state index contributed by atoms with van der Waals surface area (Å²) in [7, 11) is 1.61. The Balaban J connectivity index is 1.47. The highest BCUT2D eigenvalue weighted by Crippen LogP contribution is 2.61. The van der Waals surface area contributed by atoms with Crippen molar-refractivity contribution >= 4 is 29.1 Å². The molecule has 7 rings (SSSR count). The fraction of sp³-hybridized carbons (Fsp3) is 0.286. The number of anilines is 1. The van der Waals surface area contributed by atoms with Crippen LogP contribution in [0.1, 0.15) is 27.4 Å². The minimum absolute atomic E-state index is 0.0308. The molecule has 0 saturated carbocycles. The molecule has 4 heterocycles. The summed E-state index contributed by atoms with van der Waals surface area (Å²) in [5, 5.41) is 3.10. The lowest BCUT2D eigenvalue weighted by molar-refractivity contribution is -0.127. The van der Waals surface area contributed by atoms with Crippen LogP contribution in [0.25, 0.3) is 0 Å². The van der Waals surface area contributed by atoms with Gasteiger partial charge in [0.1, 0.15) is 11.3 Å². The highest BCUT2D eigenvalue weighted by Gasteiger charge is 2.69. The molecule has 0 radical (unpaired) electrons. The lowest BCUT2D eigenvalue weighted by atomic mass is 9.69. The van der Waals surface area contributed by atoms with Crippen molar-refractivity contribution in [3.63, 3.8) is 0 Å². The van der Waals surface area contributed by atoms with Crippen molar-refractivity contribution in [3.05, 3.63) is 83.4 Å². The number of amides is 1. The number of ether oxygens (including phenoxy) is 3. The summed E-state index contributed by atoms with van der Waals surface area (Å²) in [6.45, 7) is 0.135. The van der Waals surface area contributed by atoms with Gasteiger partial charge < -0.3 is 19.5 Å². The van der Waals surface area contributed by atoms with Crippen molar-refractivity contribution in [2.24, 2.45) is 5.92 Å². The van der Waals surface area contributed by atoms with Gasteiger partial charge in [0, 0.05) is 40.4 Å². The van der Waals surface area contributed by atoms with E-state index in [0.717, 1.165) is 22.6 Å². The molecule has 36 heavy (non-hydrogen) atoms. The summed E-state index contributed by atoms with van der Waals surface area (Å²) < 4.78 is 16.6. The van der Waals surface area contributed by atoms with Crippen molar-refractivity contribution in [3.8, 4) is 17.2 Å². The molecule has 3 aromatic rings. The van der Waals surface area contributed by atoms with E-state index in [1.165, 1.54) is 0 Å². The molecule has 0 aromatic heterocycles. The number of carbonyl (C=O) groups excluding carboxylic acids is 2. The number of nitrogens with zero attached hydrogens (tertiary/aromatic N) is 1. The van der Waals surface area contributed by atoms with Gasteiger partial charge in [-0.15, -0.1) is 11.8 Å². The topological polar surface area (TPSA) is 77.1 Å². The normalized spacial score (nSPS) is 27.7. The van der Waals surface area contributed by atoms with E-state index < -0.39 is 11.5 Å². The molecule has 1 amide bonds. The van der Waals surface area contributed by atoms with Crippen molar-refractivity contribution in [2.45, 2.75) is 17.5 Å². The van der Waals surface area contributed by atoms with Crippen LogP contribution in [-0.2, 0) is 10.3 Å². The Morgan fingerprint density at radius 1 is 1.08 bits per heavy atom. The molecule has 7 nitrogen and oxygen atoms in total. The standard InChI is InChI=1S/C28H24N2O5S/c1-33-18-8-9-20-19(12-18)28(27(32)29-20)25(26(31)17-7-10-22-23(11-17)35-15-34-22)24(16-5-3-2-4-6-16)21-13-36-14-30(21)28/h2-12,21,24-25H,13-15H2,1H3,(H,29,32)/t21?,24?,25?,28-/m1/s1. The van der Waals surface area contributed by atoms with E-state index in [1.54, 1.807) is 37.1 Å². The minimum Gasteiger partial charge on any atom is -0.497 e. The predicted molar refractivity (Wildman–Crippen MR) is 136 cm³/mol. The second-order valence-corrected chi connectivity index (χ2v) is 10.5. The third-order valence-corrected chi connectivity index (χ3v) is 8.99. The molecule has 4 aliphatic heterocycles. The number of carbonyl (C=O) groups is 2. The quantitative estimate of drug-likeness (QED) is 0.537. The Hall–Kier alpha value is -3.49. The molecule has 0 aliphatic carbocycles. The van der Waals surface area contributed by atoms with Crippen LogP contribution in [0.5, 0.6) is 17.2 Å². The van der Waals surface area contributed by atoms with E-state index in [4.69, 9.17) is 14.2 Å². The molecule has 2 saturated heterocycles. The van der Waals surface area contributed by atoms with Crippen LogP contribution in [0.2, 0.25) is 0 Å². The van der Waals surface area contributed by atoms with Gasteiger partial charge in [0.15, 0.2) is 17.3 Å². The maximum absolute atomic E-state index is 14.6. The fourth-order valence-electron chi connectivity index (χ4n) is 6.46. The minimum atomic E-state index is -1.15. The number of benzene rings is 3. The molecule has 182 valence electrons. The zero-order valence-corrected chi connectivity index (χ0v) is 20.4. The number of methoxy groups -OCH3 is 1. The molecule has 0 bridgehead atoms. The third-order valence-electron chi connectivity index (χ3n) is 7.95. The van der Waals surface area contributed by atoms with Gasteiger partial charge in [-0.05, 0) is 42.0 Å². The summed E-state index contributed by atoms with van der Waals surface area (Å²) in [5.74, 6) is 2.31. The van der Waals surface area contributed by atoms with Gasteiger partial charge >= 0.3 is 0 Å². The number of Topliss-reactive ketones (excluding diaryl/α,β-unsaturated/α-hetero) is 1. The van der Waals surface area contributed by atoms with Gasteiger partial charge in [0.05, 0.1) is 13.0 Å². The molecule has 8 heteroatoms. The molecule has 3 aromatic carbocycles. The van der Waals surface area contributed by atoms with E-state index in [9.17, 15) is 9.59 Å². The second kappa shape index (κ2) is 8.01. The van der Waals surface area contributed by atoms with Crippen LogP contribution >= 0.6 is 11.8 Å². The molecular formula is C28H24N2O5S. The van der Waals surface area contributed by atoms with Gasteiger partial charge in [-0.25, -0.2) is 0 Å². The summed E-state index contributed by atoms with van der Waals surface area (Å²) in [4.78, 5) is 31.0. The van der Waals surface area contributed by atoms with Crippen molar-refractivity contribution in [2.75, 3.05) is 30.8 Å². The predicted octanol–water partition coefficient (Wildman–Crippen LogP) is 4.24. The largest absolute Gasteiger partial charge is 0.497 e. The number of thioether (sulfide) groups is 1. The SMILES string of the molecule is COc1ccc2c(c1)[C@]1(C(=O)N2)C(C(=O)c2ccc3c(c2)OCO3)C(c2ccccc2)C2CSCN21. The van der Waals surface area contributed by atoms with Gasteiger partial charge in [-0.1, -0.05) is 30.3 Å². The van der Waals surface area contributed by atoms with Gasteiger partial charge in [-0.2, -0.15) is 0 Å². The van der Waals surface area contributed by atoms with Gasteiger partial charge in [-0.3, -0.25) is 14.5 Å². The van der Waals surface area contributed by atoms with Crippen molar-refractivity contribution in [1.82, 2.24) is 4.90 Å². The van der Waals surface area contributed by atoms with E-state index in [2.05, 4.69) is 22.3 Å². The summed E-state index contributed by atoms with van der Waals surface area (Å²) in [6, 6.07) is 21.1. The number of fused-ring (bicyclic) bond motifs is 5. The van der Waals surface area contributed by atoms with E-state index in [0.29, 0.717) is 28.7 Å². The number of hydrogen-bond donors (Lipinski definition) is 1. The summed E-state index contributed by atoms with van der Waals surface area (Å²) >= 11 is 1.80. The highest BCUT2D eigenvalue weighted by molar-refractivity contribution is 7.99. The Labute approximate surface area is 212 Å². The Kier molecular flexibility index (Phi) is 4.84. The molecular weight excluding hydrogens is 476 g/mol. The Morgan fingerprint density at radius 2 is 1.92 bits per heavy atom. The number of hydrogen-bond acceptors (Lipinski definition) is 7. The molecule has 1 N–H and O–H groups in total. The highest BCUT2D eigenvalue weighted by atomic mass is 32.2. The van der Waals surface area contributed by atoms with E-state index in [1.807, 2.05) is 36.4 Å². The van der Waals surface area contributed by atoms with Crippen LogP contribution < -0.4 is 19.5 Å². The number of nitrogens with one attached hydrogen (secondary N) is 1. The monoisotopic (exact) mass is 500 g/mol. The van der Waals surface area contributed by atoms with Crippen LogP contribution in [0.3, 0.4) is 0 Å². The third kappa shape index (κ3) is 2.85. The molecule has 2 fully saturated rings. The Bertz CT molecular complexity index is 1400. The zero-order valence-electron chi connectivity index (χ0n) is 19.6. The van der Waals surface area contributed by atoms with Crippen molar-refractivity contribution < 1.29 is 23.8 Å². The fourth-order valence-corrected chi connectivity index (χ4v) is 7.79. The first-order valence-corrected chi connectivity index (χ1v) is 13.1. The van der Waals surface area contributed by atoms with Crippen LogP contribution in [-0.4, -0.2) is 48.2 Å². The van der Waals surface area contributed by atoms with Gasteiger partial charge in [0.25, 0.3) is 0 Å². The smallest absolute Gasteiger partial charge is 0.250 e. The number of rotatable bonds is 4.